The Hall–Kier alpha value is -5.84. The summed E-state index contributed by atoms with van der Waals surface area (Å²) < 4.78 is 40.1. The predicted octanol–water partition coefficient (Wildman–Crippen LogP) is 7.81. The van der Waals surface area contributed by atoms with E-state index in [1.54, 1.807) is 43.3 Å². The van der Waals surface area contributed by atoms with Crippen LogP contribution in [0.4, 0.5) is 19.7 Å². The molecular formula is C45H53FN4O11. The number of halogens is 1. The van der Waals surface area contributed by atoms with Crippen LogP contribution in [-0.2, 0) is 16.1 Å². The summed E-state index contributed by atoms with van der Waals surface area (Å²) in [6.45, 7) is 6.03. The van der Waals surface area contributed by atoms with Crippen molar-refractivity contribution in [2.45, 2.75) is 76.2 Å². The fraction of sp³-hybridized carbons (Fsp3) is 0.444. The van der Waals surface area contributed by atoms with Crippen LogP contribution in [0.15, 0.2) is 96.2 Å². The fourth-order valence-corrected chi connectivity index (χ4v) is 8.99. The highest BCUT2D eigenvalue weighted by atomic mass is 19.1. The van der Waals surface area contributed by atoms with E-state index >= 15 is 0 Å². The number of ether oxygens (including phenoxy) is 4. The van der Waals surface area contributed by atoms with Gasteiger partial charge in [0.25, 0.3) is 5.69 Å². The number of nitro benzene ring substituents is 1. The number of rotatable bonds is 19. The lowest BCUT2D eigenvalue weighted by Crippen LogP contribution is -2.70. The lowest BCUT2D eigenvalue weighted by Gasteiger charge is -2.59. The van der Waals surface area contributed by atoms with Gasteiger partial charge in [0.05, 0.1) is 23.2 Å². The van der Waals surface area contributed by atoms with Gasteiger partial charge in [0.15, 0.2) is 0 Å². The number of aliphatic hydroxyl groups is 2. The minimum absolute atomic E-state index is 0.00559. The molecule has 16 heteroatoms. The van der Waals surface area contributed by atoms with E-state index in [2.05, 4.69) is 23.1 Å². The lowest BCUT2D eigenvalue weighted by molar-refractivity contribution is -0.384. The van der Waals surface area contributed by atoms with Gasteiger partial charge in [-0.1, -0.05) is 42.3 Å². The number of carbonyl (C=O) groups excluding carboxylic acids is 2. The van der Waals surface area contributed by atoms with Crippen LogP contribution >= 0.6 is 0 Å². The highest BCUT2D eigenvalue weighted by Gasteiger charge is 2.65. The number of hydrogen-bond donors (Lipinski definition) is 3. The van der Waals surface area contributed by atoms with Crippen LogP contribution in [0.2, 0.25) is 0 Å². The number of allylic oxidation sites excluding steroid dienone is 1. The van der Waals surface area contributed by atoms with E-state index in [0.717, 1.165) is 24.0 Å². The first-order chi connectivity index (χ1) is 29.6. The van der Waals surface area contributed by atoms with Crippen molar-refractivity contribution in [3.05, 3.63) is 118 Å². The number of hydrogen-bond acceptors (Lipinski definition) is 12. The smallest absolute Gasteiger partial charge is 0.416 e. The Morgan fingerprint density at radius 1 is 1.03 bits per heavy atom. The van der Waals surface area contributed by atoms with Crippen molar-refractivity contribution in [3.8, 4) is 17.2 Å². The van der Waals surface area contributed by atoms with E-state index in [1.807, 2.05) is 0 Å². The molecule has 1 aliphatic heterocycles. The van der Waals surface area contributed by atoms with Crippen LogP contribution in [0.25, 0.3) is 0 Å². The molecule has 1 fully saturated rings. The molecule has 3 aromatic carbocycles. The zero-order chi connectivity index (χ0) is 43.5. The van der Waals surface area contributed by atoms with Crippen molar-refractivity contribution < 1.29 is 52.9 Å². The Bertz CT molecular complexity index is 2080. The Labute approximate surface area is 353 Å². The zero-order valence-corrected chi connectivity index (χ0v) is 34.4. The number of nitrogens with one attached hydrogen (secondary N) is 1. The molecule has 61 heavy (non-hydrogen) atoms. The second kappa shape index (κ2) is 20.6. The molecule has 0 bridgehead atoms. The molecule has 15 nitrogen and oxygen atoms in total. The van der Waals surface area contributed by atoms with Gasteiger partial charge in [-0.2, -0.15) is 0 Å². The quantitative estimate of drug-likeness (QED) is 0.0462. The van der Waals surface area contributed by atoms with Crippen LogP contribution in [0.5, 0.6) is 17.2 Å². The highest BCUT2D eigenvalue weighted by Crippen LogP contribution is 2.62. The minimum Gasteiger partial charge on any atom is -0.459 e. The molecule has 6 rings (SSSR count). The van der Waals surface area contributed by atoms with Crippen LogP contribution in [0.1, 0.15) is 68.9 Å². The largest absolute Gasteiger partial charge is 0.459 e. The summed E-state index contributed by atoms with van der Waals surface area (Å²) in [6.07, 6.45) is 6.35. The van der Waals surface area contributed by atoms with Gasteiger partial charge in [0, 0.05) is 56.3 Å². The van der Waals surface area contributed by atoms with Gasteiger partial charge in [-0.05, 0) is 98.0 Å². The number of nitrogens with zero attached hydrogens (tertiary/aromatic N) is 3. The molecule has 2 aliphatic carbocycles. The molecule has 3 aromatic rings. The third-order valence-electron chi connectivity index (χ3n) is 11.5. The predicted molar refractivity (Wildman–Crippen MR) is 223 cm³/mol. The molecule has 6 atom stereocenters. The minimum atomic E-state index is -1.66. The van der Waals surface area contributed by atoms with E-state index in [9.17, 15) is 34.3 Å². The van der Waals surface area contributed by atoms with Gasteiger partial charge >= 0.3 is 12.2 Å². The highest BCUT2D eigenvalue weighted by molar-refractivity contribution is 6.03. The number of benzene rings is 3. The van der Waals surface area contributed by atoms with E-state index in [4.69, 9.17) is 23.8 Å². The lowest BCUT2D eigenvalue weighted by atomic mass is 9.55. The maximum Gasteiger partial charge on any atom is 0.416 e. The first-order valence-electron chi connectivity index (χ1n) is 20.6. The van der Waals surface area contributed by atoms with E-state index < -0.39 is 46.6 Å². The molecule has 3 N–H and O–H groups in total. The second-order valence-corrected chi connectivity index (χ2v) is 15.2. The van der Waals surface area contributed by atoms with Gasteiger partial charge < -0.3 is 39.3 Å². The molecule has 0 unspecified atom stereocenters. The number of fused-ring (bicyclic) bond motifs is 2. The Morgan fingerprint density at radius 2 is 1.74 bits per heavy atom. The van der Waals surface area contributed by atoms with E-state index in [-0.39, 0.29) is 61.8 Å². The Morgan fingerprint density at radius 3 is 2.39 bits per heavy atom. The summed E-state index contributed by atoms with van der Waals surface area (Å²) in [5.41, 5.74) is 2.42. The van der Waals surface area contributed by atoms with Crippen LogP contribution in [-0.4, -0.2) is 83.2 Å². The standard InChI is InChI=1S/C45H53FN4O11/c1-4-24-58-45-40(49(28-29-12-14-31(46)15-13-29)44(54)60-33-18-16-32(17-19-33)50(55)56)27-38(48-57-3)36-25-30(10-6-8-22-51)35(11-7-9-23-52)41(42(36)45)37-26-34(20-21-39(37)61-45)59-43(53)47-5-2/h4,12-21,25-26,30,35,40-42,51-52H,1,5-11,22-24,27-28H2,2-3H3,(H,47,53)/t30-,35+,40-,41+,42+,45+/m0/s1. The summed E-state index contributed by atoms with van der Waals surface area (Å²) in [5, 5.41) is 38.3. The normalized spacial score (nSPS) is 23.1. The van der Waals surface area contributed by atoms with Crippen LogP contribution in [0, 0.1) is 33.7 Å². The zero-order valence-electron chi connectivity index (χ0n) is 34.4. The number of oxime groups is 1. The second-order valence-electron chi connectivity index (χ2n) is 15.2. The first kappa shape index (κ1) is 44.7. The summed E-state index contributed by atoms with van der Waals surface area (Å²) in [5.74, 6) is -2.60. The summed E-state index contributed by atoms with van der Waals surface area (Å²) in [4.78, 5) is 45.3. The van der Waals surface area contributed by atoms with Gasteiger partial charge in [0.1, 0.15) is 36.2 Å². The number of aliphatic hydroxyl groups excluding tert-OH is 2. The molecule has 1 heterocycles. The van der Waals surface area contributed by atoms with E-state index in [1.165, 1.54) is 48.4 Å². The van der Waals surface area contributed by atoms with Crippen molar-refractivity contribution in [2.24, 2.45) is 22.9 Å². The third kappa shape index (κ3) is 10.0. The molecule has 3 aliphatic rings. The number of amides is 2. The first-order valence-corrected chi connectivity index (χ1v) is 20.6. The number of unbranched alkanes of at least 4 members (excludes halogenated alkanes) is 2. The van der Waals surface area contributed by atoms with Gasteiger partial charge in [-0.25, -0.2) is 14.0 Å². The van der Waals surface area contributed by atoms with Crippen molar-refractivity contribution >= 4 is 23.6 Å². The van der Waals surface area contributed by atoms with Crippen LogP contribution < -0.4 is 19.5 Å². The number of carbonyl (C=O) groups is 2. The maximum atomic E-state index is 14.8. The Balaban J connectivity index is 1.58. The van der Waals surface area contributed by atoms with Gasteiger partial charge in [0.2, 0.25) is 5.79 Å². The van der Waals surface area contributed by atoms with Crippen molar-refractivity contribution in [1.29, 1.82) is 0 Å². The van der Waals surface area contributed by atoms with Crippen molar-refractivity contribution in [3.63, 3.8) is 0 Å². The molecule has 2 amide bonds. The monoisotopic (exact) mass is 844 g/mol. The Kier molecular flexibility index (Phi) is 15.1. The van der Waals surface area contributed by atoms with Crippen molar-refractivity contribution in [2.75, 3.05) is 33.5 Å². The fourth-order valence-electron chi connectivity index (χ4n) is 8.99. The van der Waals surface area contributed by atoms with E-state index in [0.29, 0.717) is 49.3 Å². The third-order valence-corrected chi connectivity index (χ3v) is 11.5. The molecule has 1 saturated carbocycles. The maximum absolute atomic E-state index is 14.8. The van der Waals surface area contributed by atoms with Gasteiger partial charge in [-0.15, -0.1) is 6.58 Å². The molecule has 0 spiro atoms. The summed E-state index contributed by atoms with van der Waals surface area (Å²) in [7, 11) is 1.44. The summed E-state index contributed by atoms with van der Waals surface area (Å²) in [6, 6.07) is 15.0. The SMILES string of the molecule is C=CCO[C@@]12Oc3ccc(OC(=O)NCC)cc3[C@H]3[C@H](CCCCO)[C@@H](CCCCO)C=C(C(=NOC)C[C@@H]1N(Cc1ccc(F)cc1)C(=O)Oc1ccc([N+](=O)[O-])cc1)[C@H]32. The molecular weight excluding hydrogens is 792 g/mol. The molecule has 326 valence electrons. The topological polar surface area (TPSA) is 192 Å². The molecule has 0 radical (unpaired) electrons. The van der Waals surface area contributed by atoms with Crippen LogP contribution in [0.3, 0.4) is 0 Å². The average Bonchev–Trinajstić information content (AvgIpc) is 3.25. The molecule has 0 aromatic heterocycles. The number of non-ortho nitro benzene ring substituents is 1. The molecule has 0 saturated heterocycles. The summed E-state index contributed by atoms with van der Waals surface area (Å²) >= 11 is 0. The average molecular weight is 845 g/mol. The van der Waals surface area contributed by atoms with Crippen molar-refractivity contribution in [1.82, 2.24) is 10.2 Å². The van der Waals surface area contributed by atoms with Gasteiger partial charge in [-0.3, -0.25) is 15.0 Å². The number of nitro groups is 1.